The summed E-state index contributed by atoms with van der Waals surface area (Å²) in [7, 11) is 0. The number of thiazole rings is 1. The predicted molar refractivity (Wildman–Crippen MR) is 77.0 cm³/mol. The minimum atomic E-state index is -0.943. The van der Waals surface area contributed by atoms with Crippen molar-refractivity contribution in [3.8, 4) is 0 Å². The van der Waals surface area contributed by atoms with Crippen molar-refractivity contribution in [1.82, 2.24) is 10.3 Å². The summed E-state index contributed by atoms with van der Waals surface area (Å²) in [6.45, 7) is 3.47. The summed E-state index contributed by atoms with van der Waals surface area (Å²) < 4.78 is 26.1. The van der Waals surface area contributed by atoms with Crippen LogP contribution in [-0.2, 0) is 0 Å². The van der Waals surface area contributed by atoms with E-state index in [1.165, 1.54) is 17.4 Å². The van der Waals surface area contributed by atoms with E-state index in [1.54, 1.807) is 19.2 Å². The molecule has 0 aliphatic rings. The van der Waals surface area contributed by atoms with Crippen molar-refractivity contribution in [3.63, 3.8) is 0 Å². The van der Waals surface area contributed by atoms with Gasteiger partial charge in [-0.3, -0.25) is 4.79 Å². The van der Waals surface area contributed by atoms with E-state index in [9.17, 15) is 13.6 Å². The number of carbonyl (C=O) groups excluding carboxylic acids is 1. The van der Waals surface area contributed by atoms with Crippen LogP contribution in [0.15, 0.2) is 23.6 Å². The first-order chi connectivity index (χ1) is 9.88. The number of rotatable bonds is 4. The molecule has 0 aliphatic heterocycles. The van der Waals surface area contributed by atoms with E-state index in [1.807, 2.05) is 0 Å². The second-order valence-corrected chi connectivity index (χ2v) is 5.62. The first-order valence-corrected chi connectivity index (χ1v) is 7.23. The van der Waals surface area contributed by atoms with Crippen molar-refractivity contribution in [2.24, 2.45) is 5.73 Å². The van der Waals surface area contributed by atoms with E-state index in [2.05, 4.69) is 10.3 Å². The number of halogens is 2. The van der Waals surface area contributed by atoms with Gasteiger partial charge in [-0.05, 0) is 31.5 Å². The number of aromatic nitrogens is 1. The van der Waals surface area contributed by atoms with Gasteiger partial charge in [-0.1, -0.05) is 6.07 Å². The fourth-order valence-electron chi connectivity index (χ4n) is 1.74. The van der Waals surface area contributed by atoms with Crippen molar-refractivity contribution in [3.05, 3.63) is 51.5 Å². The van der Waals surface area contributed by atoms with Crippen molar-refractivity contribution in [1.29, 1.82) is 0 Å². The summed E-state index contributed by atoms with van der Waals surface area (Å²) in [4.78, 5) is 16.2. The first-order valence-electron chi connectivity index (χ1n) is 6.35. The molecule has 21 heavy (non-hydrogen) atoms. The second-order valence-electron chi connectivity index (χ2n) is 4.73. The van der Waals surface area contributed by atoms with Gasteiger partial charge in [0.25, 0.3) is 5.91 Å². The van der Waals surface area contributed by atoms with Crippen molar-refractivity contribution in [2.45, 2.75) is 25.9 Å². The SMILES string of the molecule is CC(N)c1nc(C(=O)NC(C)c2ccc(F)c(F)c2)cs1. The van der Waals surface area contributed by atoms with Crippen LogP contribution in [0.1, 0.15) is 47.0 Å². The van der Waals surface area contributed by atoms with Gasteiger partial charge < -0.3 is 11.1 Å². The number of nitrogens with one attached hydrogen (secondary N) is 1. The van der Waals surface area contributed by atoms with Crippen LogP contribution in [0.3, 0.4) is 0 Å². The van der Waals surface area contributed by atoms with Crippen molar-refractivity contribution in [2.75, 3.05) is 0 Å². The molecule has 7 heteroatoms. The molecule has 0 bridgehead atoms. The Bertz CT molecular complexity index is 657. The van der Waals surface area contributed by atoms with Crippen LogP contribution in [0.2, 0.25) is 0 Å². The summed E-state index contributed by atoms with van der Waals surface area (Å²) in [5.74, 6) is -2.24. The van der Waals surface area contributed by atoms with Gasteiger partial charge in [0.2, 0.25) is 0 Å². The molecule has 0 saturated carbocycles. The Morgan fingerprint density at radius 2 is 2.05 bits per heavy atom. The van der Waals surface area contributed by atoms with Gasteiger partial charge in [-0.15, -0.1) is 11.3 Å². The van der Waals surface area contributed by atoms with E-state index >= 15 is 0 Å². The summed E-state index contributed by atoms with van der Waals surface area (Å²) in [6, 6.07) is 2.82. The van der Waals surface area contributed by atoms with Crippen molar-refractivity contribution < 1.29 is 13.6 Å². The molecule has 4 nitrogen and oxygen atoms in total. The lowest BCUT2D eigenvalue weighted by molar-refractivity contribution is 0.0935. The zero-order valence-corrected chi connectivity index (χ0v) is 12.4. The minimum Gasteiger partial charge on any atom is -0.344 e. The molecule has 1 aromatic heterocycles. The van der Waals surface area contributed by atoms with Gasteiger partial charge in [0.05, 0.1) is 12.1 Å². The third kappa shape index (κ3) is 3.62. The zero-order chi connectivity index (χ0) is 15.6. The maximum atomic E-state index is 13.2. The summed E-state index contributed by atoms with van der Waals surface area (Å²) >= 11 is 1.31. The van der Waals surface area contributed by atoms with E-state index < -0.39 is 17.7 Å². The van der Waals surface area contributed by atoms with Gasteiger partial charge in [0, 0.05) is 5.38 Å². The Morgan fingerprint density at radius 1 is 1.33 bits per heavy atom. The molecular weight excluding hydrogens is 296 g/mol. The van der Waals surface area contributed by atoms with Crippen LogP contribution in [0.25, 0.3) is 0 Å². The molecule has 2 unspecified atom stereocenters. The Balaban J connectivity index is 2.08. The molecule has 1 amide bonds. The minimum absolute atomic E-state index is 0.236. The largest absolute Gasteiger partial charge is 0.344 e. The van der Waals surface area contributed by atoms with Crippen LogP contribution in [0.4, 0.5) is 8.78 Å². The Kier molecular flexibility index (Phi) is 4.64. The molecular formula is C14H15F2N3OS. The highest BCUT2D eigenvalue weighted by Crippen LogP contribution is 2.18. The van der Waals surface area contributed by atoms with Crippen LogP contribution in [0, 0.1) is 11.6 Å². The Labute approximate surface area is 125 Å². The third-order valence-electron chi connectivity index (χ3n) is 2.94. The topological polar surface area (TPSA) is 68.0 Å². The average molecular weight is 311 g/mol. The van der Waals surface area contributed by atoms with Gasteiger partial charge in [-0.25, -0.2) is 13.8 Å². The average Bonchev–Trinajstić information content (AvgIpc) is 2.91. The fourth-order valence-corrected chi connectivity index (χ4v) is 2.49. The number of nitrogens with two attached hydrogens (primary N) is 1. The molecule has 112 valence electrons. The molecule has 0 aliphatic carbocycles. The Hall–Kier alpha value is -1.86. The quantitative estimate of drug-likeness (QED) is 0.912. The first kappa shape index (κ1) is 15.5. The highest BCUT2D eigenvalue weighted by Gasteiger charge is 2.16. The maximum absolute atomic E-state index is 13.2. The highest BCUT2D eigenvalue weighted by atomic mass is 32.1. The smallest absolute Gasteiger partial charge is 0.271 e. The molecule has 2 rings (SSSR count). The highest BCUT2D eigenvalue weighted by molar-refractivity contribution is 7.09. The molecule has 0 radical (unpaired) electrons. The van der Waals surface area contributed by atoms with E-state index in [0.29, 0.717) is 10.6 Å². The van der Waals surface area contributed by atoms with Crippen LogP contribution in [-0.4, -0.2) is 10.9 Å². The molecule has 1 aromatic carbocycles. The number of nitrogens with zero attached hydrogens (tertiary/aromatic N) is 1. The van der Waals surface area contributed by atoms with Crippen molar-refractivity contribution >= 4 is 17.2 Å². The normalized spacial score (nSPS) is 13.8. The van der Waals surface area contributed by atoms with Gasteiger partial charge >= 0.3 is 0 Å². The van der Waals surface area contributed by atoms with Crippen LogP contribution in [0.5, 0.6) is 0 Å². The zero-order valence-electron chi connectivity index (χ0n) is 11.6. The fraction of sp³-hybridized carbons (Fsp3) is 0.286. The van der Waals surface area contributed by atoms with E-state index in [0.717, 1.165) is 12.1 Å². The summed E-state index contributed by atoms with van der Waals surface area (Å²) in [5, 5.41) is 4.97. The molecule has 3 N–H and O–H groups in total. The van der Waals surface area contributed by atoms with Gasteiger partial charge in [0.15, 0.2) is 11.6 Å². The molecule has 2 atom stereocenters. The Morgan fingerprint density at radius 3 is 2.62 bits per heavy atom. The molecule has 1 heterocycles. The maximum Gasteiger partial charge on any atom is 0.271 e. The summed E-state index contributed by atoms with van der Waals surface area (Å²) in [5.41, 5.74) is 6.43. The molecule has 0 spiro atoms. The summed E-state index contributed by atoms with van der Waals surface area (Å²) in [6.07, 6.45) is 0. The van der Waals surface area contributed by atoms with E-state index in [-0.39, 0.29) is 17.6 Å². The number of carbonyl (C=O) groups is 1. The monoisotopic (exact) mass is 311 g/mol. The molecule has 0 fully saturated rings. The van der Waals surface area contributed by atoms with Gasteiger partial charge in [0.1, 0.15) is 10.7 Å². The number of amides is 1. The number of hydrogen-bond donors (Lipinski definition) is 2. The lowest BCUT2D eigenvalue weighted by Gasteiger charge is -2.13. The van der Waals surface area contributed by atoms with Crippen LogP contribution < -0.4 is 11.1 Å². The second kappa shape index (κ2) is 6.28. The number of hydrogen-bond acceptors (Lipinski definition) is 4. The number of benzene rings is 1. The predicted octanol–water partition coefficient (Wildman–Crippen LogP) is 2.93. The van der Waals surface area contributed by atoms with Crippen LogP contribution >= 0.6 is 11.3 Å². The lowest BCUT2D eigenvalue weighted by Crippen LogP contribution is -2.27. The van der Waals surface area contributed by atoms with Gasteiger partial charge in [-0.2, -0.15) is 0 Å². The van der Waals surface area contributed by atoms with E-state index in [4.69, 9.17) is 5.73 Å². The standard InChI is InChI=1S/C14H15F2N3OS/c1-7(17)14-19-12(6-21-14)13(20)18-8(2)9-3-4-10(15)11(16)5-9/h3-8H,17H2,1-2H3,(H,18,20). The molecule has 0 saturated heterocycles. The third-order valence-corrected chi connectivity index (χ3v) is 3.98. The molecule has 2 aromatic rings. The lowest BCUT2D eigenvalue weighted by atomic mass is 10.1.